The molecule has 2 heterocycles. The lowest BCUT2D eigenvalue weighted by Crippen LogP contribution is -2.07. The van der Waals surface area contributed by atoms with E-state index in [1.165, 1.54) is 7.11 Å². The van der Waals surface area contributed by atoms with Gasteiger partial charge in [-0.25, -0.2) is 24.7 Å². The molecule has 35 heavy (non-hydrogen) atoms. The van der Waals surface area contributed by atoms with E-state index in [0.29, 0.717) is 27.9 Å². The number of carbonyl (C=O) groups excluding carboxylic acids is 1. The van der Waals surface area contributed by atoms with Crippen molar-refractivity contribution >= 4 is 50.1 Å². The van der Waals surface area contributed by atoms with Crippen molar-refractivity contribution in [3.05, 3.63) is 90.0 Å². The standard InChI is InChI=1S/C28H20N4O3/c1-16(35-17-13-14-22-25(15-17)30-21-10-4-3-9-20(21)29-22)18-7-5-11-23-26(18)31-24-12-6-8-19(27(24)32-23)28(33)34-2/h3-16H,1-2H3/t16-/m0/s1. The maximum absolute atomic E-state index is 12.2. The summed E-state index contributed by atoms with van der Waals surface area (Å²) in [5.41, 5.74) is 7.10. The highest BCUT2D eigenvalue weighted by molar-refractivity contribution is 6.03. The van der Waals surface area contributed by atoms with Gasteiger partial charge in [-0.05, 0) is 49.4 Å². The van der Waals surface area contributed by atoms with Crippen molar-refractivity contribution in [3.63, 3.8) is 0 Å². The smallest absolute Gasteiger partial charge is 0.340 e. The number of hydrogen-bond donors (Lipinski definition) is 0. The second-order valence-corrected chi connectivity index (χ2v) is 8.23. The molecule has 0 spiro atoms. The number of para-hydroxylation sites is 4. The Labute approximate surface area is 200 Å². The van der Waals surface area contributed by atoms with Crippen molar-refractivity contribution < 1.29 is 14.3 Å². The molecule has 0 N–H and O–H groups in total. The van der Waals surface area contributed by atoms with E-state index < -0.39 is 5.97 Å². The number of fused-ring (bicyclic) bond motifs is 4. The third-order valence-corrected chi connectivity index (χ3v) is 5.99. The van der Waals surface area contributed by atoms with E-state index in [4.69, 9.17) is 24.4 Å². The van der Waals surface area contributed by atoms with Gasteiger partial charge < -0.3 is 9.47 Å². The van der Waals surface area contributed by atoms with Gasteiger partial charge in [0.05, 0.1) is 51.3 Å². The molecule has 1 atom stereocenters. The van der Waals surface area contributed by atoms with E-state index in [0.717, 1.165) is 33.1 Å². The summed E-state index contributed by atoms with van der Waals surface area (Å²) in [7, 11) is 1.35. The zero-order chi connectivity index (χ0) is 23.9. The van der Waals surface area contributed by atoms with Crippen molar-refractivity contribution in [1.29, 1.82) is 0 Å². The highest BCUT2D eigenvalue weighted by Gasteiger charge is 2.17. The number of esters is 1. The number of methoxy groups -OCH3 is 1. The lowest BCUT2D eigenvalue weighted by Gasteiger charge is -2.17. The summed E-state index contributed by atoms with van der Waals surface area (Å²) in [4.78, 5) is 31.2. The molecular formula is C28H20N4O3. The fourth-order valence-corrected chi connectivity index (χ4v) is 4.28. The van der Waals surface area contributed by atoms with Gasteiger partial charge in [-0.15, -0.1) is 0 Å². The predicted molar refractivity (Wildman–Crippen MR) is 134 cm³/mol. The predicted octanol–water partition coefficient (Wildman–Crippen LogP) is 5.81. The molecule has 2 aromatic heterocycles. The monoisotopic (exact) mass is 460 g/mol. The van der Waals surface area contributed by atoms with E-state index in [2.05, 4.69) is 4.98 Å². The largest absolute Gasteiger partial charge is 0.486 e. The minimum absolute atomic E-state index is 0.305. The molecule has 0 aliphatic carbocycles. The first kappa shape index (κ1) is 20.9. The van der Waals surface area contributed by atoms with Crippen LogP contribution in [0.1, 0.15) is 28.9 Å². The Morgan fingerprint density at radius 2 is 1.31 bits per heavy atom. The molecule has 0 saturated heterocycles. The average molecular weight is 460 g/mol. The number of rotatable bonds is 4. The first-order valence-electron chi connectivity index (χ1n) is 11.2. The Kier molecular flexibility index (Phi) is 4.95. The minimum atomic E-state index is -0.440. The summed E-state index contributed by atoms with van der Waals surface area (Å²) in [6.07, 6.45) is -0.305. The first-order valence-corrected chi connectivity index (χ1v) is 11.2. The molecular weight excluding hydrogens is 440 g/mol. The summed E-state index contributed by atoms with van der Waals surface area (Å²) in [5.74, 6) is 0.248. The molecule has 0 aliphatic heterocycles. The lowest BCUT2D eigenvalue weighted by molar-refractivity contribution is 0.0602. The van der Waals surface area contributed by atoms with Crippen molar-refractivity contribution in [3.8, 4) is 5.75 Å². The van der Waals surface area contributed by atoms with Crippen LogP contribution in [-0.4, -0.2) is 33.0 Å². The van der Waals surface area contributed by atoms with Crippen LogP contribution in [0.15, 0.2) is 78.9 Å². The summed E-state index contributed by atoms with van der Waals surface area (Å²) in [5, 5.41) is 0. The highest BCUT2D eigenvalue weighted by atomic mass is 16.5. The second kappa shape index (κ2) is 8.29. The molecule has 6 rings (SSSR count). The van der Waals surface area contributed by atoms with Crippen LogP contribution in [-0.2, 0) is 4.74 Å². The van der Waals surface area contributed by atoms with Gasteiger partial charge >= 0.3 is 5.97 Å². The van der Waals surface area contributed by atoms with Crippen LogP contribution >= 0.6 is 0 Å². The maximum atomic E-state index is 12.2. The topological polar surface area (TPSA) is 87.1 Å². The molecule has 0 amide bonds. The summed E-state index contributed by atoms with van der Waals surface area (Å²) in [6.45, 7) is 1.97. The van der Waals surface area contributed by atoms with Gasteiger partial charge in [0.15, 0.2) is 0 Å². The molecule has 7 nitrogen and oxygen atoms in total. The van der Waals surface area contributed by atoms with Gasteiger partial charge in [-0.3, -0.25) is 0 Å². The molecule has 0 bridgehead atoms. The van der Waals surface area contributed by atoms with Crippen LogP contribution in [0.25, 0.3) is 44.1 Å². The van der Waals surface area contributed by atoms with Gasteiger partial charge in [0.1, 0.15) is 17.4 Å². The summed E-state index contributed by atoms with van der Waals surface area (Å²) >= 11 is 0. The molecule has 6 aromatic rings. The quantitative estimate of drug-likeness (QED) is 0.242. The molecule has 0 radical (unpaired) electrons. The molecule has 7 heteroatoms. The van der Waals surface area contributed by atoms with Crippen molar-refractivity contribution in [2.75, 3.05) is 7.11 Å². The molecule has 0 saturated carbocycles. The Hall–Kier alpha value is -4.65. The number of aromatic nitrogens is 4. The maximum Gasteiger partial charge on any atom is 0.340 e. The van der Waals surface area contributed by atoms with Crippen LogP contribution in [0.3, 0.4) is 0 Å². The molecule has 4 aromatic carbocycles. The van der Waals surface area contributed by atoms with E-state index in [1.807, 2.05) is 73.7 Å². The van der Waals surface area contributed by atoms with E-state index in [9.17, 15) is 4.79 Å². The van der Waals surface area contributed by atoms with Gasteiger partial charge in [-0.1, -0.05) is 30.3 Å². The van der Waals surface area contributed by atoms with Crippen LogP contribution < -0.4 is 4.74 Å². The van der Waals surface area contributed by atoms with Crippen molar-refractivity contribution in [2.45, 2.75) is 13.0 Å². The SMILES string of the molecule is COC(=O)c1cccc2nc3c([C@H](C)Oc4ccc5nc6ccccc6nc5c4)cccc3nc12. The summed E-state index contributed by atoms with van der Waals surface area (Å²) < 4.78 is 11.2. The third kappa shape index (κ3) is 3.67. The lowest BCUT2D eigenvalue weighted by atomic mass is 10.1. The third-order valence-electron chi connectivity index (χ3n) is 5.99. The highest BCUT2D eigenvalue weighted by Crippen LogP contribution is 2.30. The minimum Gasteiger partial charge on any atom is -0.486 e. The Morgan fingerprint density at radius 1 is 0.686 bits per heavy atom. The number of nitrogens with zero attached hydrogens (tertiary/aromatic N) is 4. The molecule has 170 valence electrons. The van der Waals surface area contributed by atoms with Crippen LogP contribution in [0.5, 0.6) is 5.75 Å². The average Bonchev–Trinajstić information content (AvgIpc) is 2.89. The fraction of sp³-hybridized carbons (Fsp3) is 0.107. The van der Waals surface area contributed by atoms with Crippen LogP contribution in [0.4, 0.5) is 0 Å². The molecule has 0 aliphatic rings. The second-order valence-electron chi connectivity index (χ2n) is 8.23. The van der Waals surface area contributed by atoms with E-state index >= 15 is 0 Å². The number of benzene rings is 4. The van der Waals surface area contributed by atoms with Crippen LogP contribution in [0, 0.1) is 0 Å². The normalized spacial score (nSPS) is 12.3. The zero-order valence-corrected chi connectivity index (χ0v) is 19.1. The van der Waals surface area contributed by atoms with E-state index in [1.54, 1.807) is 12.1 Å². The number of carbonyl (C=O) groups is 1. The van der Waals surface area contributed by atoms with Gasteiger partial charge in [0.2, 0.25) is 0 Å². The summed E-state index contributed by atoms with van der Waals surface area (Å²) in [6, 6.07) is 24.6. The molecule has 0 fully saturated rings. The van der Waals surface area contributed by atoms with Crippen LogP contribution in [0.2, 0.25) is 0 Å². The fourth-order valence-electron chi connectivity index (χ4n) is 4.28. The van der Waals surface area contributed by atoms with Crippen molar-refractivity contribution in [2.24, 2.45) is 0 Å². The van der Waals surface area contributed by atoms with Gasteiger partial charge in [-0.2, -0.15) is 0 Å². The first-order chi connectivity index (χ1) is 17.1. The van der Waals surface area contributed by atoms with Crippen molar-refractivity contribution in [1.82, 2.24) is 19.9 Å². The van der Waals surface area contributed by atoms with Gasteiger partial charge in [0.25, 0.3) is 0 Å². The number of ether oxygens (including phenoxy) is 2. The van der Waals surface area contributed by atoms with E-state index in [-0.39, 0.29) is 6.10 Å². The Balaban J connectivity index is 1.39. The van der Waals surface area contributed by atoms with Gasteiger partial charge in [0, 0.05) is 11.6 Å². The number of hydrogen-bond acceptors (Lipinski definition) is 7. The Bertz CT molecular complexity index is 1770. The molecule has 0 unspecified atom stereocenters. The Morgan fingerprint density at radius 3 is 2.09 bits per heavy atom. The zero-order valence-electron chi connectivity index (χ0n) is 19.1.